The highest BCUT2D eigenvalue weighted by Gasteiger charge is 2.34. The molecule has 0 unspecified atom stereocenters. The molecule has 2 aromatic carbocycles. The topological polar surface area (TPSA) is 35.9 Å². The number of carbonyl (C=O) groups is 1. The van der Waals surface area contributed by atoms with E-state index in [1.165, 1.54) is 11.8 Å². The van der Waals surface area contributed by atoms with Gasteiger partial charge in [-0.15, -0.1) is 0 Å². The predicted molar refractivity (Wildman–Crippen MR) is 129 cm³/mol. The van der Waals surface area contributed by atoms with Gasteiger partial charge in [-0.05, 0) is 61.5 Å². The second kappa shape index (κ2) is 11.5. The molecule has 1 saturated heterocycles. The summed E-state index contributed by atoms with van der Waals surface area (Å²) in [5.41, 5.74) is 1.97. The van der Waals surface area contributed by atoms with E-state index in [1.807, 2.05) is 83.8 Å². The normalized spacial score (nSPS) is 17.2. The highest BCUT2D eigenvalue weighted by molar-refractivity contribution is 8.18. The molecule has 30 heavy (non-hydrogen) atoms. The van der Waals surface area contributed by atoms with Crippen molar-refractivity contribution < 1.29 is 4.79 Å². The number of benzene rings is 2. The molecule has 1 heterocycles. The molecule has 0 spiro atoms. The maximum absolute atomic E-state index is 13.2. The van der Waals surface area contributed by atoms with Gasteiger partial charge in [0.15, 0.2) is 5.17 Å². The van der Waals surface area contributed by atoms with E-state index in [-0.39, 0.29) is 5.91 Å². The van der Waals surface area contributed by atoms with E-state index in [0.717, 1.165) is 42.3 Å². The number of para-hydroxylation sites is 1. The highest BCUT2D eigenvalue weighted by atomic mass is 32.2. The van der Waals surface area contributed by atoms with Gasteiger partial charge < -0.3 is 0 Å². The minimum atomic E-state index is 0.0181. The minimum absolute atomic E-state index is 0.0181. The van der Waals surface area contributed by atoms with Crippen molar-refractivity contribution in [1.82, 2.24) is 9.80 Å². The average molecular weight is 420 g/mol. The van der Waals surface area contributed by atoms with Crippen molar-refractivity contribution in [3.05, 3.63) is 83.3 Å². The van der Waals surface area contributed by atoms with Crippen molar-refractivity contribution in [1.29, 1.82) is 0 Å². The number of aliphatic imine (C=N–C) groups is 1. The van der Waals surface area contributed by atoms with Gasteiger partial charge in [0.05, 0.1) is 17.3 Å². The summed E-state index contributed by atoms with van der Waals surface area (Å²) < 4.78 is 0. The Labute approximate surface area is 184 Å². The molecular weight excluding hydrogens is 390 g/mol. The molecule has 4 nitrogen and oxygen atoms in total. The quantitative estimate of drug-likeness (QED) is 0.473. The Morgan fingerprint density at radius 1 is 0.967 bits per heavy atom. The lowest BCUT2D eigenvalue weighted by Crippen LogP contribution is -2.41. The van der Waals surface area contributed by atoms with Crippen LogP contribution in [0.5, 0.6) is 0 Å². The third-order valence-electron chi connectivity index (χ3n) is 4.63. The summed E-state index contributed by atoms with van der Waals surface area (Å²) in [5, 5.41) is 0.739. The number of hydrogen-bond acceptors (Lipinski definition) is 4. The van der Waals surface area contributed by atoms with Crippen LogP contribution >= 0.6 is 11.8 Å². The van der Waals surface area contributed by atoms with Crippen molar-refractivity contribution in [2.75, 3.05) is 19.8 Å². The number of rotatable bonds is 9. The van der Waals surface area contributed by atoms with Gasteiger partial charge in [0.1, 0.15) is 0 Å². The lowest BCUT2D eigenvalue weighted by Gasteiger charge is -2.26. The molecule has 0 bridgehead atoms. The molecular formula is C25H29N3OS. The number of nitrogens with zero attached hydrogens (tertiary/aromatic N) is 3. The largest absolute Gasteiger partial charge is 0.286 e. The van der Waals surface area contributed by atoms with Crippen LogP contribution in [0.25, 0.3) is 6.08 Å². The molecule has 156 valence electrons. The second-order valence-corrected chi connectivity index (χ2v) is 8.13. The summed E-state index contributed by atoms with van der Waals surface area (Å²) in [4.78, 5) is 22.8. The first-order valence-corrected chi connectivity index (χ1v) is 11.3. The molecule has 0 aliphatic carbocycles. The van der Waals surface area contributed by atoms with Crippen LogP contribution in [-0.2, 0) is 4.79 Å². The number of amidine groups is 1. The lowest BCUT2D eigenvalue weighted by atomic mass is 10.2. The summed E-state index contributed by atoms with van der Waals surface area (Å²) in [6, 6.07) is 19.9. The van der Waals surface area contributed by atoms with Crippen LogP contribution in [0.1, 0.15) is 32.3 Å². The van der Waals surface area contributed by atoms with Crippen molar-refractivity contribution in [3.63, 3.8) is 0 Å². The zero-order valence-corrected chi connectivity index (χ0v) is 18.5. The third-order valence-corrected chi connectivity index (χ3v) is 5.65. The molecule has 5 heteroatoms. The van der Waals surface area contributed by atoms with E-state index in [4.69, 9.17) is 4.99 Å². The number of amides is 1. The van der Waals surface area contributed by atoms with Crippen molar-refractivity contribution >= 4 is 34.6 Å². The van der Waals surface area contributed by atoms with Crippen molar-refractivity contribution in [3.8, 4) is 0 Å². The van der Waals surface area contributed by atoms with Gasteiger partial charge in [-0.1, -0.05) is 74.5 Å². The molecule has 1 aliphatic rings. The molecule has 0 saturated carbocycles. The van der Waals surface area contributed by atoms with Crippen LogP contribution < -0.4 is 0 Å². The van der Waals surface area contributed by atoms with Crippen LogP contribution in [0.3, 0.4) is 0 Å². The van der Waals surface area contributed by atoms with Crippen LogP contribution in [0, 0.1) is 0 Å². The maximum Gasteiger partial charge on any atom is 0.267 e. The van der Waals surface area contributed by atoms with E-state index in [2.05, 4.69) is 18.7 Å². The Kier molecular flexibility index (Phi) is 8.48. The van der Waals surface area contributed by atoms with E-state index in [1.54, 1.807) is 0 Å². The first-order valence-electron chi connectivity index (χ1n) is 10.5. The molecule has 0 N–H and O–H groups in total. The lowest BCUT2D eigenvalue weighted by molar-refractivity contribution is -0.123. The van der Waals surface area contributed by atoms with Crippen LogP contribution in [0.15, 0.2) is 82.7 Å². The van der Waals surface area contributed by atoms with E-state index < -0.39 is 0 Å². The van der Waals surface area contributed by atoms with Crippen molar-refractivity contribution in [2.24, 2.45) is 4.99 Å². The Morgan fingerprint density at radius 3 is 2.23 bits per heavy atom. The van der Waals surface area contributed by atoms with Gasteiger partial charge >= 0.3 is 0 Å². The summed E-state index contributed by atoms with van der Waals surface area (Å²) in [6.07, 6.45) is 7.96. The Hall–Kier alpha value is -2.63. The standard InChI is InChI=1S/C25H29N3OS/c1-3-18-27(19-4-2)20-28-24(29)23(17-11-14-21-12-7-5-8-13-21)30-25(28)26-22-15-9-6-10-16-22/h5-17H,3-4,18-20H2,1-2H3. The molecule has 0 atom stereocenters. The summed E-state index contributed by atoms with van der Waals surface area (Å²) in [5.74, 6) is 0.0181. The Balaban J connectivity index is 1.84. The highest BCUT2D eigenvalue weighted by Crippen LogP contribution is 2.33. The first-order chi connectivity index (χ1) is 14.7. The van der Waals surface area contributed by atoms with Gasteiger partial charge in [0.25, 0.3) is 5.91 Å². The first kappa shape index (κ1) is 22.1. The molecule has 0 radical (unpaired) electrons. The third kappa shape index (κ3) is 6.18. The van der Waals surface area contributed by atoms with Gasteiger partial charge in [0.2, 0.25) is 0 Å². The van der Waals surface area contributed by atoms with E-state index >= 15 is 0 Å². The van der Waals surface area contributed by atoms with E-state index in [9.17, 15) is 4.79 Å². The molecule has 1 fully saturated rings. The van der Waals surface area contributed by atoms with Gasteiger partial charge in [-0.2, -0.15) is 0 Å². The zero-order chi connectivity index (χ0) is 21.2. The summed E-state index contributed by atoms with van der Waals surface area (Å²) in [7, 11) is 0. The van der Waals surface area contributed by atoms with Gasteiger partial charge in [-0.3, -0.25) is 14.6 Å². The second-order valence-electron chi connectivity index (χ2n) is 7.13. The predicted octanol–water partition coefficient (Wildman–Crippen LogP) is 5.93. The van der Waals surface area contributed by atoms with Crippen molar-refractivity contribution in [2.45, 2.75) is 26.7 Å². The van der Waals surface area contributed by atoms with Crippen LogP contribution in [0.4, 0.5) is 5.69 Å². The number of thioether (sulfide) groups is 1. The molecule has 1 amide bonds. The molecule has 2 aromatic rings. The monoisotopic (exact) mass is 419 g/mol. The summed E-state index contributed by atoms with van der Waals surface area (Å²) >= 11 is 1.44. The van der Waals surface area contributed by atoms with Gasteiger partial charge in [-0.25, -0.2) is 4.99 Å². The van der Waals surface area contributed by atoms with Crippen LogP contribution in [0.2, 0.25) is 0 Å². The smallest absolute Gasteiger partial charge is 0.267 e. The minimum Gasteiger partial charge on any atom is -0.286 e. The average Bonchev–Trinajstić information content (AvgIpc) is 3.04. The SMILES string of the molecule is CCCN(CCC)CN1C(=O)C(=CC=Cc2ccccc2)SC1=Nc1ccccc1. The van der Waals surface area contributed by atoms with E-state index in [0.29, 0.717) is 11.6 Å². The van der Waals surface area contributed by atoms with Gasteiger partial charge in [0, 0.05) is 0 Å². The maximum atomic E-state index is 13.2. The number of hydrogen-bond donors (Lipinski definition) is 0. The Bertz CT molecular complexity index is 901. The fourth-order valence-corrected chi connectivity index (χ4v) is 4.18. The number of allylic oxidation sites excluding steroid dienone is 2. The molecule has 0 aromatic heterocycles. The summed E-state index contributed by atoms with van der Waals surface area (Å²) in [6.45, 7) is 6.84. The number of carbonyl (C=O) groups excluding carboxylic acids is 1. The fraction of sp³-hybridized carbons (Fsp3) is 0.280. The van der Waals surface area contributed by atoms with Crippen LogP contribution in [-0.4, -0.2) is 40.6 Å². The Morgan fingerprint density at radius 2 is 1.60 bits per heavy atom. The molecule has 3 rings (SSSR count). The zero-order valence-electron chi connectivity index (χ0n) is 17.7. The molecule has 1 aliphatic heterocycles. The fourth-order valence-electron chi connectivity index (χ4n) is 3.24.